The van der Waals surface area contributed by atoms with Crippen molar-refractivity contribution in [2.45, 2.75) is 6.18 Å². The number of benzene rings is 1. The lowest BCUT2D eigenvalue weighted by atomic mass is 10.1. The molecule has 4 nitrogen and oxygen atoms in total. The normalized spacial score (nSPS) is 12.4. The number of carboxylic acid groups (broad SMARTS) is 1. The molecule has 1 aromatic carbocycles. The van der Waals surface area contributed by atoms with E-state index in [1.165, 1.54) is 0 Å². The largest absolute Gasteiger partial charge is 0.543 e. The average molecular weight is 334 g/mol. The molecule has 104 valence electrons. The van der Waals surface area contributed by atoms with Gasteiger partial charge in [-0.1, -0.05) is 23.2 Å². The Bertz CT molecular complexity index is 523. The molecule has 1 N–H and O–H groups in total. The number of hydrazone groups is 1. The lowest BCUT2D eigenvalue weighted by Crippen LogP contribution is -2.33. The van der Waals surface area contributed by atoms with Crippen LogP contribution in [0.25, 0.3) is 0 Å². The van der Waals surface area contributed by atoms with Gasteiger partial charge in [0.1, 0.15) is 5.71 Å². The van der Waals surface area contributed by atoms with Crippen LogP contribution < -0.4 is 10.1 Å². The molecular weight excluding hydrogens is 331 g/mol. The number of nitrogens with one attached hydrogen (secondary N) is 1. The van der Waals surface area contributed by atoms with Gasteiger partial charge in [0.05, 0.1) is 21.6 Å². The molecular formula is C9H3Cl3F3N2O2-. The topological polar surface area (TPSA) is 64.5 Å². The molecule has 0 spiro atoms. The van der Waals surface area contributed by atoms with Crippen molar-refractivity contribution in [3.05, 3.63) is 33.3 Å². The predicted octanol–water partition coefficient (Wildman–Crippen LogP) is 2.21. The van der Waals surface area contributed by atoms with Crippen LogP contribution >= 0.6 is 35.0 Å². The van der Waals surface area contributed by atoms with E-state index in [2.05, 4.69) is 5.10 Å². The van der Waals surface area contributed by atoms with Crippen molar-refractivity contribution in [1.82, 2.24) is 4.94 Å². The highest BCUT2D eigenvalue weighted by Crippen LogP contribution is 2.36. The number of hydrogen-bond donors (Lipinski definition) is 1. The summed E-state index contributed by atoms with van der Waals surface area (Å²) in [6, 6.07) is 1.05. The fraction of sp³-hybridized carbons (Fsp3) is 0.111. The highest BCUT2D eigenvalue weighted by atomic mass is 35.5. The maximum Gasteiger partial charge on any atom is 0.416 e. The van der Waals surface area contributed by atoms with Gasteiger partial charge in [0.15, 0.2) is 0 Å². The van der Waals surface area contributed by atoms with Gasteiger partial charge < -0.3 is 9.90 Å². The Kier molecular flexibility index (Phi) is 4.89. The van der Waals surface area contributed by atoms with Crippen LogP contribution in [0.15, 0.2) is 17.2 Å². The van der Waals surface area contributed by atoms with Gasteiger partial charge >= 0.3 is 6.18 Å². The van der Waals surface area contributed by atoms with Crippen molar-refractivity contribution in [3.63, 3.8) is 0 Å². The van der Waals surface area contributed by atoms with Crippen LogP contribution in [-0.4, -0.2) is 11.7 Å². The van der Waals surface area contributed by atoms with Crippen molar-refractivity contribution in [3.8, 4) is 0 Å². The van der Waals surface area contributed by atoms with E-state index in [1.54, 1.807) is 4.94 Å². The second-order valence-corrected chi connectivity index (χ2v) is 4.13. The van der Waals surface area contributed by atoms with E-state index in [0.717, 1.165) is 0 Å². The zero-order valence-electron chi connectivity index (χ0n) is 8.69. The Hall–Kier alpha value is -1.18. The van der Waals surface area contributed by atoms with Gasteiger partial charge in [0.25, 0.3) is 0 Å². The molecule has 0 unspecified atom stereocenters. The Labute approximate surface area is 119 Å². The molecule has 0 fully saturated rings. The molecule has 0 radical (unpaired) electrons. The summed E-state index contributed by atoms with van der Waals surface area (Å²) >= 11 is 16.2. The zero-order chi connectivity index (χ0) is 14.8. The molecule has 0 atom stereocenters. The molecule has 0 aliphatic rings. The van der Waals surface area contributed by atoms with E-state index >= 15 is 0 Å². The first-order valence-electron chi connectivity index (χ1n) is 4.39. The van der Waals surface area contributed by atoms with Crippen LogP contribution in [0.5, 0.6) is 0 Å². The first-order valence-corrected chi connectivity index (χ1v) is 5.53. The second kappa shape index (κ2) is 5.85. The van der Waals surface area contributed by atoms with Crippen LogP contribution in [0.3, 0.4) is 0 Å². The van der Waals surface area contributed by atoms with Gasteiger partial charge in [0.2, 0.25) is 0 Å². The number of hydrogen-bond acceptors (Lipinski definition) is 4. The highest BCUT2D eigenvalue weighted by Gasteiger charge is 2.32. The smallest absolute Gasteiger partial charge is 0.416 e. The van der Waals surface area contributed by atoms with Crippen LogP contribution in [0.4, 0.5) is 13.2 Å². The molecule has 19 heavy (non-hydrogen) atoms. The summed E-state index contributed by atoms with van der Waals surface area (Å²) in [6.45, 7) is 0. The minimum Gasteiger partial charge on any atom is -0.543 e. The molecule has 0 saturated carbocycles. The minimum atomic E-state index is -4.67. The summed E-state index contributed by atoms with van der Waals surface area (Å²) in [4.78, 5) is 12.4. The quantitative estimate of drug-likeness (QED) is 0.524. The second-order valence-electron chi connectivity index (χ2n) is 3.15. The Morgan fingerprint density at radius 1 is 1.26 bits per heavy atom. The third kappa shape index (κ3) is 3.65. The summed E-state index contributed by atoms with van der Waals surface area (Å²) in [6.07, 6.45) is -4.67. The van der Waals surface area contributed by atoms with Crippen LogP contribution in [-0.2, 0) is 11.0 Å². The number of carbonyl (C=O) groups is 1. The van der Waals surface area contributed by atoms with Gasteiger partial charge in [-0.25, -0.2) is 4.94 Å². The number of halogens is 6. The van der Waals surface area contributed by atoms with Crippen molar-refractivity contribution >= 4 is 46.7 Å². The summed E-state index contributed by atoms with van der Waals surface area (Å²) in [5.74, 6) is -1.81. The first-order chi connectivity index (χ1) is 8.68. The summed E-state index contributed by atoms with van der Waals surface area (Å²) in [5.41, 5.74) is -2.37. The fourth-order valence-corrected chi connectivity index (χ4v) is 1.96. The molecule has 0 heterocycles. The van der Waals surface area contributed by atoms with E-state index in [1.807, 2.05) is 0 Å². The van der Waals surface area contributed by atoms with E-state index in [0.29, 0.717) is 12.1 Å². The number of aliphatic carboxylic acids is 1. The first kappa shape index (κ1) is 15.9. The summed E-state index contributed by atoms with van der Waals surface area (Å²) < 4.78 is 37.4. The van der Waals surface area contributed by atoms with Crippen LogP contribution in [0, 0.1) is 0 Å². The molecule has 10 heteroatoms. The Morgan fingerprint density at radius 3 is 2.05 bits per heavy atom. The zero-order valence-corrected chi connectivity index (χ0v) is 11.0. The van der Waals surface area contributed by atoms with E-state index < -0.39 is 39.0 Å². The molecule has 1 rings (SSSR count). The van der Waals surface area contributed by atoms with Crippen molar-refractivity contribution in [2.75, 3.05) is 0 Å². The monoisotopic (exact) mass is 333 g/mol. The van der Waals surface area contributed by atoms with Gasteiger partial charge in [-0.2, -0.15) is 18.3 Å². The van der Waals surface area contributed by atoms with E-state index in [9.17, 15) is 23.1 Å². The van der Waals surface area contributed by atoms with Gasteiger partial charge in [-0.05, 0) is 12.1 Å². The fourth-order valence-electron chi connectivity index (χ4n) is 1.21. The highest BCUT2D eigenvalue weighted by molar-refractivity contribution is 6.50. The maximum atomic E-state index is 12.5. The Balaban J connectivity index is 3.47. The molecule has 1 aromatic rings. The molecule has 0 aliphatic carbocycles. The minimum absolute atomic E-state index is 0.426. The van der Waals surface area contributed by atoms with Crippen LogP contribution in [0.1, 0.15) is 11.1 Å². The van der Waals surface area contributed by atoms with Gasteiger partial charge in [0, 0.05) is 17.3 Å². The third-order valence-corrected chi connectivity index (χ3v) is 2.63. The van der Waals surface area contributed by atoms with Crippen molar-refractivity contribution in [2.24, 2.45) is 5.10 Å². The Morgan fingerprint density at radius 2 is 1.74 bits per heavy atom. The molecule has 0 aliphatic heterocycles. The van der Waals surface area contributed by atoms with E-state index in [4.69, 9.17) is 35.0 Å². The predicted molar refractivity (Wildman–Crippen MR) is 62.0 cm³/mol. The number of nitrogens with zero attached hydrogens (tertiary/aromatic N) is 1. The number of rotatable bonds is 3. The molecule has 0 amide bonds. The van der Waals surface area contributed by atoms with Crippen LogP contribution in [0.2, 0.25) is 10.0 Å². The lowest BCUT2D eigenvalue weighted by Gasteiger charge is -2.14. The van der Waals surface area contributed by atoms with E-state index in [-0.39, 0.29) is 0 Å². The molecule has 0 bridgehead atoms. The number of carboxylic acids is 1. The van der Waals surface area contributed by atoms with Gasteiger partial charge in [-0.15, -0.1) is 0 Å². The van der Waals surface area contributed by atoms with Gasteiger partial charge in [-0.3, -0.25) is 0 Å². The third-order valence-electron chi connectivity index (χ3n) is 1.95. The molecule has 0 saturated heterocycles. The maximum absolute atomic E-state index is 12.5. The van der Waals surface area contributed by atoms with Crippen molar-refractivity contribution < 1.29 is 23.1 Å². The molecule has 0 aromatic heterocycles. The SMILES string of the molecule is O=C([O-])C(=NNCl)c1c(Cl)cc(C(F)(F)F)cc1Cl. The summed E-state index contributed by atoms with van der Waals surface area (Å²) in [7, 11) is 0. The van der Waals surface area contributed by atoms with Crippen molar-refractivity contribution in [1.29, 1.82) is 0 Å². The average Bonchev–Trinajstić information content (AvgIpc) is 2.25. The number of carbonyl (C=O) groups excluding carboxylic acids is 1. The number of alkyl halides is 3. The standard InChI is InChI=1S/C9H4Cl3F3N2O2/c10-4-1-3(9(13,14)15)2-5(11)6(4)7(8(18)19)16-17-12/h1-2,17H,(H,18,19)/p-1. The lowest BCUT2D eigenvalue weighted by molar-refractivity contribution is -0.294. The summed E-state index contributed by atoms with van der Waals surface area (Å²) in [5, 5.41) is 12.8.